The van der Waals surface area contributed by atoms with E-state index < -0.39 is 0 Å². The lowest BCUT2D eigenvalue weighted by Gasteiger charge is -2.01. The summed E-state index contributed by atoms with van der Waals surface area (Å²) in [7, 11) is 0. The van der Waals surface area contributed by atoms with Crippen molar-refractivity contribution in [2.45, 2.75) is 33.2 Å². The van der Waals surface area contributed by atoms with Gasteiger partial charge in [-0.3, -0.25) is 9.98 Å². The van der Waals surface area contributed by atoms with Crippen LogP contribution in [0.1, 0.15) is 31.0 Å². The van der Waals surface area contributed by atoms with Gasteiger partial charge < -0.3 is 5.73 Å². The molecule has 0 amide bonds. The third kappa shape index (κ3) is 3.17. The zero-order valence-corrected chi connectivity index (χ0v) is 8.83. The second-order valence-corrected chi connectivity index (χ2v) is 3.32. The molecule has 0 aliphatic heterocycles. The van der Waals surface area contributed by atoms with Crippen LogP contribution in [0.2, 0.25) is 0 Å². The highest BCUT2D eigenvalue weighted by Crippen LogP contribution is 2.04. The van der Waals surface area contributed by atoms with Crippen LogP contribution in [0.3, 0.4) is 0 Å². The number of aliphatic imine (C=N–C) groups is 1. The van der Waals surface area contributed by atoms with E-state index in [2.05, 4.69) is 16.9 Å². The molecule has 1 aromatic rings. The largest absolute Gasteiger partial charge is 0.387 e. The Morgan fingerprint density at radius 3 is 3.00 bits per heavy atom. The molecule has 0 spiro atoms. The molecule has 0 unspecified atom stereocenters. The molecular weight excluding hydrogens is 174 g/mol. The first-order valence-corrected chi connectivity index (χ1v) is 4.93. The van der Waals surface area contributed by atoms with Crippen LogP contribution in [0.5, 0.6) is 0 Å². The molecule has 0 saturated heterocycles. The first kappa shape index (κ1) is 10.7. The van der Waals surface area contributed by atoms with Crippen molar-refractivity contribution in [1.82, 2.24) is 4.98 Å². The number of amidine groups is 1. The molecular formula is C11H17N3. The average molecular weight is 191 g/mol. The highest BCUT2D eigenvalue weighted by molar-refractivity contribution is 5.80. The molecule has 0 fully saturated rings. The van der Waals surface area contributed by atoms with Gasteiger partial charge in [0.1, 0.15) is 0 Å². The molecule has 0 radical (unpaired) electrons. The van der Waals surface area contributed by atoms with Crippen molar-refractivity contribution in [2.75, 3.05) is 0 Å². The van der Waals surface area contributed by atoms with Gasteiger partial charge in [-0.25, -0.2) is 0 Å². The van der Waals surface area contributed by atoms with Crippen molar-refractivity contribution < 1.29 is 0 Å². The van der Waals surface area contributed by atoms with Crippen molar-refractivity contribution in [3.05, 3.63) is 29.6 Å². The lowest BCUT2D eigenvalue weighted by molar-refractivity contribution is 0.926. The molecule has 0 aliphatic carbocycles. The van der Waals surface area contributed by atoms with E-state index in [1.165, 1.54) is 5.56 Å². The van der Waals surface area contributed by atoms with E-state index in [4.69, 9.17) is 5.73 Å². The summed E-state index contributed by atoms with van der Waals surface area (Å²) in [6.07, 6.45) is 3.69. The number of rotatable bonds is 4. The minimum Gasteiger partial charge on any atom is -0.387 e. The van der Waals surface area contributed by atoms with Crippen LogP contribution >= 0.6 is 0 Å². The smallest absolute Gasteiger partial charge is 0.0941 e. The predicted molar refractivity (Wildman–Crippen MR) is 59.2 cm³/mol. The van der Waals surface area contributed by atoms with Crippen molar-refractivity contribution in [3.63, 3.8) is 0 Å². The van der Waals surface area contributed by atoms with E-state index in [0.717, 1.165) is 24.4 Å². The van der Waals surface area contributed by atoms with Gasteiger partial charge in [-0.1, -0.05) is 13.0 Å². The standard InChI is InChI=1S/C11H17N3/c1-3-5-11(12)14-8-10-9(2)6-4-7-13-10/h4,6-7H,3,5,8H2,1-2H3,(H2,12,14). The van der Waals surface area contributed by atoms with Crippen LogP contribution in [0.4, 0.5) is 0 Å². The highest BCUT2D eigenvalue weighted by atomic mass is 14.9. The second-order valence-electron chi connectivity index (χ2n) is 3.32. The maximum absolute atomic E-state index is 5.70. The fraction of sp³-hybridized carbons (Fsp3) is 0.455. The molecule has 3 nitrogen and oxygen atoms in total. The van der Waals surface area contributed by atoms with Crippen LogP contribution in [0.15, 0.2) is 23.3 Å². The van der Waals surface area contributed by atoms with Crippen molar-refractivity contribution in [1.29, 1.82) is 0 Å². The zero-order valence-electron chi connectivity index (χ0n) is 8.83. The van der Waals surface area contributed by atoms with Crippen molar-refractivity contribution >= 4 is 5.84 Å². The molecule has 0 atom stereocenters. The quantitative estimate of drug-likeness (QED) is 0.585. The molecule has 1 rings (SSSR count). The number of nitrogens with zero attached hydrogens (tertiary/aromatic N) is 2. The molecule has 0 bridgehead atoms. The summed E-state index contributed by atoms with van der Waals surface area (Å²) in [5.41, 5.74) is 7.88. The number of hydrogen-bond donors (Lipinski definition) is 1. The van der Waals surface area contributed by atoms with E-state index in [-0.39, 0.29) is 0 Å². The lowest BCUT2D eigenvalue weighted by Crippen LogP contribution is -2.11. The molecule has 3 heteroatoms. The van der Waals surface area contributed by atoms with Crippen LogP contribution < -0.4 is 5.73 Å². The molecule has 2 N–H and O–H groups in total. The third-order valence-corrected chi connectivity index (χ3v) is 2.06. The topological polar surface area (TPSA) is 51.3 Å². The Bertz CT molecular complexity index is 318. The molecule has 14 heavy (non-hydrogen) atoms. The van der Waals surface area contributed by atoms with Gasteiger partial charge in [0.05, 0.1) is 18.1 Å². The minimum atomic E-state index is 0.596. The number of nitrogens with two attached hydrogens (primary N) is 1. The summed E-state index contributed by atoms with van der Waals surface area (Å²) in [5.74, 6) is 0.720. The molecule has 1 heterocycles. The van der Waals surface area contributed by atoms with Gasteiger partial charge >= 0.3 is 0 Å². The Morgan fingerprint density at radius 2 is 2.36 bits per heavy atom. The van der Waals surface area contributed by atoms with Gasteiger partial charge in [-0.15, -0.1) is 0 Å². The molecule has 0 aliphatic rings. The Balaban J connectivity index is 2.61. The van der Waals surface area contributed by atoms with E-state index in [1.54, 1.807) is 6.20 Å². The van der Waals surface area contributed by atoms with Gasteiger partial charge in [0.15, 0.2) is 0 Å². The monoisotopic (exact) mass is 191 g/mol. The molecule has 0 saturated carbocycles. The van der Waals surface area contributed by atoms with E-state index in [1.807, 2.05) is 19.1 Å². The van der Waals surface area contributed by atoms with Gasteiger partial charge in [-0.05, 0) is 25.0 Å². The van der Waals surface area contributed by atoms with Crippen LogP contribution in [0.25, 0.3) is 0 Å². The maximum Gasteiger partial charge on any atom is 0.0941 e. The summed E-state index contributed by atoms with van der Waals surface area (Å²) in [4.78, 5) is 8.52. The number of hydrogen-bond acceptors (Lipinski definition) is 2. The zero-order chi connectivity index (χ0) is 10.4. The number of pyridine rings is 1. The normalized spacial score (nSPS) is 11.7. The van der Waals surface area contributed by atoms with E-state index in [9.17, 15) is 0 Å². The molecule has 76 valence electrons. The summed E-state index contributed by atoms with van der Waals surface area (Å²) in [5, 5.41) is 0. The third-order valence-electron chi connectivity index (χ3n) is 2.06. The number of aromatic nitrogens is 1. The van der Waals surface area contributed by atoms with Crippen molar-refractivity contribution in [3.8, 4) is 0 Å². The number of aryl methyl sites for hydroxylation is 1. The summed E-state index contributed by atoms with van der Waals surface area (Å²) in [6.45, 7) is 4.72. The Labute approximate surface area is 85.1 Å². The van der Waals surface area contributed by atoms with E-state index >= 15 is 0 Å². The van der Waals surface area contributed by atoms with Crippen LogP contribution in [0, 0.1) is 6.92 Å². The molecule has 1 aromatic heterocycles. The Kier molecular flexibility index (Phi) is 4.11. The maximum atomic E-state index is 5.70. The Morgan fingerprint density at radius 1 is 1.57 bits per heavy atom. The average Bonchev–Trinajstić information content (AvgIpc) is 2.17. The van der Waals surface area contributed by atoms with Crippen LogP contribution in [-0.2, 0) is 6.54 Å². The lowest BCUT2D eigenvalue weighted by atomic mass is 10.2. The van der Waals surface area contributed by atoms with Gasteiger partial charge in [0.2, 0.25) is 0 Å². The fourth-order valence-electron chi connectivity index (χ4n) is 1.20. The van der Waals surface area contributed by atoms with E-state index in [0.29, 0.717) is 6.54 Å². The minimum absolute atomic E-state index is 0.596. The first-order chi connectivity index (χ1) is 6.74. The highest BCUT2D eigenvalue weighted by Gasteiger charge is 1.97. The Hall–Kier alpha value is -1.38. The fourth-order valence-corrected chi connectivity index (χ4v) is 1.20. The predicted octanol–water partition coefficient (Wildman–Crippen LogP) is 2.05. The summed E-state index contributed by atoms with van der Waals surface area (Å²) < 4.78 is 0. The first-order valence-electron chi connectivity index (χ1n) is 4.93. The van der Waals surface area contributed by atoms with Crippen LogP contribution in [-0.4, -0.2) is 10.8 Å². The summed E-state index contributed by atoms with van der Waals surface area (Å²) >= 11 is 0. The second kappa shape index (κ2) is 5.37. The van der Waals surface area contributed by atoms with Gasteiger partial charge in [-0.2, -0.15) is 0 Å². The van der Waals surface area contributed by atoms with Gasteiger partial charge in [0, 0.05) is 12.6 Å². The van der Waals surface area contributed by atoms with Gasteiger partial charge in [0.25, 0.3) is 0 Å². The van der Waals surface area contributed by atoms with Crippen molar-refractivity contribution in [2.24, 2.45) is 10.7 Å². The summed E-state index contributed by atoms with van der Waals surface area (Å²) in [6, 6.07) is 3.96. The molecule has 0 aromatic carbocycles. The SMILES string of the molecule is CCCC(N)=NCc1ncccc1C.